The second-order valence-corrected chi connectivity index (χ2v) is 14.2. The van der Waals surface area contributed by atoms with Gasteiger partial charge in [0.2, 0.25) is 0 Å². The number of hydrogen-bond acceptors (Lipinski definition) is 1. The zero-order chi connectivity index (χ0) is 41.8. The van der Waals surface area contributed by atoms with Crippen LogP contribution in [0.1, 0.15) is 0 Å². The van der Waals surface area contributed by atoms with E-state index in [1.54, 1.807) is 0 Å². The molecule has 0 aliphatic carbocycles. The molecule has 0 unspecified atom stereocenters. The van der Waals surface area contributed by atoms with E-state index in [-0.39, 0.29) is 121 Å². The standard InChI is InChI=1S/C41H11B16N/c42-25-18-17(14-8-3-7-13(11-14)16-10-4-6-12-5-1-2-9-15(12)16)19-21(28(45)35(52)33(50)26(19)43)22(20(18)27(44)34(51)32(25)49)40-39(56)31(48)24(41(57)58-40)23-29(46)36(53)38(55)37(54)30(23)47/h1-11H. The summed E-state index contributed by atoms with van der Waals surface area (Å²) in [5, 5.41) is 3.29. The number of hydrogen-bond donors (Lipinski definition) is 0. The maximum absolute atomic E-state index is 6.96. The number of fused-ring (bicyclic) bond motifs is 3. The Balaban J connectivity index is 1.57. The lowest BCUT2D eigenvalue weighted by molar-refractivity contribution is 1.43. The SMILES string of the molecule is [B]c1nc(-c2c3c([B])c([B])c([B])c([B])c3c(-c3cccc(-c4cccc5ccccc45)c3)c3c([B])c([B])c([B])c([B])c23)c([B])c([B])c1-c1c([B])c([B])c([B])c([B])c1[B]. The molecule has 7 aromatic carbocycles. The van der Waals surface area contributed by atoms with Gasteiger partial charge in [-0.05, 0) is 77.4 Å². The Hall–Kier alpha value is -4.49. The van der Waals surface area contributed by atoms with E-state index in [4.69, 9.17) is 131 Å². The molecular weight excluding hydrogens is 679 g/mol. The second-order valence-electron chi connectivity index (χ2n) is 14.2. The highest BCUT2D eigenvalue weighted by Crippen LogP contribution is 2.41. The molecule has 0 aliphatic rings. The van der Waals surface area contributed by atoms with Gasteiger partial charge in [0.15, 0.2) is 0 Å². The topological polar surface area (TPSA) is 12.9 Å². The summed E-state index contributed by atoms with van der Waals surface area (Å²) in [6, 6.07) is 22.0. The summed E-state index contributed by atoms with van der Waals surface area (Å²) in [7, 11) is 106. The molecule has 0 saturated heterocycles. The fourth-order valence-electron chi connectivity index (χ4n) is 8.00. The summed E-state index contributed by atoms with van der Waals surface area (Å²) in [6.07, 6.45) is 0. The van der Waals surface area contributed by atoms with Crippen LogP contribution in [0.5, 0.6) is 0 Å². The van der Waals surface area contributed by atoms with Crippen LogP contribution in [0.3, 0.4) is 0 Å². The summed E-state index contributed by atoms with van der Waals surface area (Å²) >= 11 is 0. The van der Waals surface area contributed by atoms with Gasteiger partial charge in [-0.2, -0.15) is 0 Å². The van der Waals surface area contributed by atoms with Crippen LogP contribution in [0.15, 0.2) is 66.7 Å². The van der Waals surface area contributed by atoms with Crippen LogP contribution in [0, 0.1) is 0 Å². The maximum Gasteiger partial charge on any atom is 0.142 e. The Morgan fingerprint density at radius 2 is 0.724 bits per heavy atom. The van der Waals surface area contributed by atoms with Gasteiger partial charge in [0, 0.05) is 5.56 Å². The molecular formula is C41H11B16N. The lowest BCUT2D eigenvalue weighted by Gasteiger charge is -2.30. The fourth-order valence-corrected chi connectivity index (χ4v) is 8.00. The zero-order valence-corrected chi connectivity index (χ0v) is 31.0. The van der Waals surface area contributed by atoms with Gasteiger partial charge in [-0.25, -0.2) is 0 Å². The quantitative estimate of drug-likeness (QED) is 0.132. The Bertz CT molecular complexity index is 3030. The van der Waals surface area contributed by atoms with E-state index in [9.17, 15) is 0 Å². The first-order valence-corrected chi connectivity index (χ1v) is 17.7. The van der Waals surface area contributed by atoms with Gasteiger partial charge >= 0.3 is 0 Å². The van der Waals surface area contributed by atoms with Crippen LogP contribution in [-0.4, -0.2) is 131 Å². The largest absolute Gasteiger partial charge is 0.264 e. The van der Waals surface area contributed by atoms with E-state index in [2.05, 4.69) is 6.07 Å². The van der Waals surface area contributed by atoms with Crippen LogP contribution >= 0.6 is 0 Å². The van der Waals surface area contributed by atoms with Crippen LogP contribution in [-0.2, 0) is 0 Å². The summed E-state index contributed by atoms with van der Waals surface area (Å²) < 4.78 is 0. The highest BCUT2D eigenvalue weighted by atomic mass is 14.7. The minimum atomic E-state index is -0.179. The van der Waals surface area contributed by atoms with Crippen molar-refractivity contribution in [3.05, 3.63) is 66.7 Å². The van der Waals surface area contributed by atoms with E-state index >= 15 is 0 Å². The fraction of sp³-hybridized carbons (Fsp3) is 0. The van der Waals surface area contributed by atoms with Crippen molar-refractivity contribution in [2.24, 2.45) is 0 Å². The highest BCUT2D eigenvalue weighted by molar-refractivity contribution is 6.73. The van der Waals surface area contributed by atoms with Gasteiger partial charge in [-0.15, -0.1) is 38.2 Å². The lowest BCUT2D eigenvalue weighted by atomic mass is 9.57. The summed E-state index contributed by atoms with van der Waals surface area (Å²) in [6.45, 7) is 0. The van der Waals surface area contributed by atoms with Gasteiger partial charge in [0.05, 0.1) is 5.69 Å². The molecule has 0 saturated carbocycles. The monoisotopic (exact) mass is 693 g/mol. The summed E-state index contributed by atoms with van der Waals surface area (Å²) in [4.78, 5) is 4.79. The van der Waals surface area contributed by atoms with Crippen LogP contribution < -0.4 is 87.5 Å². The predicted octanol–water partition coefficient (Wildman–Crippen LogP) is -8.09. The van der Waals surface area contributed by atoms with Gasteiger partial charge in [-0.3, -0.25) is 4.98 Å². The molecule has 1 nitrogen and oxygen atoms in total. The molecule has 17 heteroatoms. The molecule has 0 spiro atoms. The molecule has 8 rings (SSSR count). The Morgan fingerprint density at radius 1 is 0.310 bits per heavy atom. The number of aromatic nitrogens is 1. The molecule has 1 aromatic heterocycles. The van der Waals surface area contributed by atoms with Crippen LogP contribution in [0.25, 0.3) is 77.0 Å². The first-order chi connectivity index (χ1) is 27.5. The van der Waals surface area contributed by atoms with Gasteiger partial charge in [0.25, 0.3) is 0 Å². The molecule has 0 amide bonds. The van der Waals surface area contributed by atoms with E-state index in [1.165, 1.54) is 0 Å². The van der Waals surface area contributed by atoms with Crippen LogP contribution in [0.2, 0.25) is 0 Å². The third-order valence-electron chi connectivity index (χ3n) is 11.1. The summed E-state index contributed by atoms with van der Waals surface area (Å²) in [5.41, 5.74) is 3.00. The van der Waals surface area contributed by atoms with Crippen molar-refractivity contribution in [3.63, 3.8) is 0 Å². The molecule has 0 atom stereocenters. The molecule has 32 radical (unpaired) electrons. The van der Waals surface area contributed by atoms with Gasteiger partial charge < -0.3 is 0 Å². The first-order valence-electron chi connectivity index (χ1n) is 17.7. The average Bonchev–Trinajstić information content (AvgIpc) is 3.23. The normalized spacial score (nSPS) is 11.5. The molecule has 1 heterocycles. The Morgan fingerprint density at radius 3 is 1.28 bits per heavy atom. The van der Waals surface area contributed by atoms with Crippen molar-refractivity contribution in [3.8, 4) is 44.6 Å². The predicted molar refractivity (Wildman–Crippen MR) is 265 cm³/mol. The third kappa shape index (κ3) is 5.80. The van der Waals surface area contributed by atoms with Crippen molar-refractivity contribution < 1.29 is 0 Å². The van der Waals surface area contributed by atoms with Gasteiger partial charge in [0.1, 0.15) is 126 Å². The minimum Gasteiger partial charge on any atom is -0.264 e. The molecule has 0 N–H and O–H groups in total. The number of nitrogens with zero attached hydrogens (tertiary/aromatic N) is 1. The van der Waals surface area contributed by atoms with E-state index in [0.717, 1.165) is 21.9 Å². The minimum absolute atomic E-state index is 0.00359. The van der Waals surface area contributed by atoms with Gasteiger partial charge in [-0.1, -0.05) is 104 Å². The average molecular weight is 691 g/mol. The second kappa shape index (κ2) is 14.7. The molecule has 8 aromatic rings. The lowest BCUT2D eigenvalue weighted by Crippen LogP contribution is -2.56. The molecule has 228 valence electrons. The van der Waals surface area contributed by atoms with Crippen molar-refractivity contribution in [1.29, 1.82) is 0 Å². The van der Waals surface area contributed by atoms with Crippen molar-refractivity contribution >= 4 is 245 Å². The zero-order valence-electron chi connectivity index (χ0n) is 31.0. The molecule has 0 fully saturated rings. The molecule has 0 aliphatic heterocycles. The highest BCUT2D eigenvalue weighted by Gasteiger charge is 2.27. The number of pyridine rings is 1. The first kappa shape index (κ1) is 40.3. The Kier molecular flexibility index (Phi) is 10.2. The van der Waals surface area contributed by atoms with E-state index in [1.807, 2.05) is 60.7 Å². The number of benzene rings is 7. The molecule has 58 heavy (non-hydrogen) atoms. The van der Waals surface area contributed by atoms with Crippen molar-refractivity contribution in [2.45, 2.75) is 0 Å². The smallest absolute Gasteiger partial charge is 0.142 e. The van der Waals surface area contributed by atoms with E-state index in [0.29, 0.717) is 21.9 Å². The number of rotatable bonds is 4. The van der Waals surface area contributed by atoms with E-state index < -0.39 is 0 Å². The van der Waals surface area contributed by atoms with Crippen LogP contribution in [0.4, 0.5) is 0 Å². The Labute approximate surface area is 359 Å². The third-order valence-corrected chi connectivity index (χ3v) is 11.1. The maximum atomic E-state index is 6.96. The summed E-state index contributed by atoms with van der Waals surface area (Å²) in [5.74, 6) is 0. The van der Waals surface area contributed by atoms with Crippen molar-refractivity contribution in [1.82, 2.24) is 4.98 Å². The van der Waals surface area contributed by atoms with Crippen molar-refractivity contribution in [2.75, 3.05) is 0 Å². The molecule has 0 bridgehead atoms.